The van der Waals surface area contributed by atoms with Gasteiger partial charge in [-0.05, 0) is 23.8 Å². The highest BCUT2D eigenvalue weighted by Gasteiger charge is 2.25. The van der Waals surface area contributed by atoms with Crippen LogP contribution in [0.4, 0.5) is 0 Å². The molecule has 0 radical (unpaired) electrons. The number of carbonyl (C=O) groups is 1. The number of aryl methyl sites for hydroxylation is 1. The van der Waals surface area contributed by atoms with Crippen LogP contribution in [0.3, 0.4) is 0 Å². The van der Waals surface area contributed by atoms with Crippen molar-refractivity contribution >= 4 is 5.91 Å². The molecule has 7 nitrogen and oxygen atoms in total. The predicted molar refractivity (Wildman–Crippen MR) is 119 cm³/mol. The second-order valence-electron chi connectivity index (χ2n) is 7.66. The number of aromatic nitrogens is 2. The van der Waals surface area contributed by atoms with E-state index < -0.39 is 0 Å². The Morgan fingerprint density at radius 2 is 1.71 bits per heavy atom. The molecule has 2 heterocycles. The number of rotatable bonds is 6. The number of ether oxygens (including phenoxy) is 2. The van der Waals surface area contributed by atoms with Gasteiger partial charge in [-0.2, -0.15) is 5.10 Å². The van der Waals surface area contributed by atoms with Gasteiger partial charge in [0.1, 0.15) is 17.2 Å². The van der Waals surface area contributed by atoms with Crippen LogP contribution in [0.5, 0.6) is 11.5 Å². The van der Waals surface area contributed by atoms with Crippen LogP contribution in [0.25, 0.3) is 11.3 Å². The summed E-state index contributed by atoms with van der Waals surface area (Å²) in [6.45, 7) is 4.04. The van der Waals surface area contributed by atoms with Gasteiger partial charge in [0.25, 0.3) is 5.91 Å². The van der Waals surface area contributed by atoms with E-state index in [1.807, 2.05) is 35.2 Å². The summed E-state index contributed by atoms with van der Waals surface area (Å²) in [4.78, 5) is 17.5. The third kappa shape index (κ3) is 4.56. The second kappa shape index (κ2) is 9.22. The third-order valence-electron chi connectivity index (χ3n) is 5.69. The molecule has 31 heavy (non-hydrogen) atoms. The molecule has 7 heteroatoms. The lowest BCUT2D eigenvalue weighted by Crippen LogP contribution is -2.48. The number of methoxy groups -OCH3 is 2. The molecule has 4 rings (SSSR count). The Kier molecular flexibility index (Phi) is 6.23. The summed E-state index contributed by atoms with van der Waals surface area (Å²) in [5, 5.41) is 4.57. The van der Waals surface area contributed by atoms with Crippen molar-refractivity contribution < 1.29 is 14.3 Å². The van der Waals surface area contributed by atoms with E-state index >= 15 is 0 Å². The summed E-state index contributed by atoms with van der Waals surface area (Å²) < 4.78 is 12.4. The average molecular weight is 421 g/mol. The third-order valence-corrected chi connectivity index (χ3v) is 5.69. The van der Waals surface area contributed by atoms with E-state index in [0.717, 1.165) is 25.2 Å². The zero-order chi connectivity index (χ0) is 21.8. The number of hydrogen-bond acceptors (Lipinski definition) is 5. The van der Waals surface area contributed by atoms with E-state index in [0.29, 0.717) is 36.0 Å². The molecule has 2 aromatic carbocycles. The van der Waals surface area contributed by atoms with E-state index in [1.165, 1.54) is 5.56 Å². The molecule has 1 amide bonds. The summed E-state index contributed by atoms with van der Waals surface area (Å²) in [5.41, 5.74) is 3.40. The number of piperazine rings is 1. The Hall–Kier alpha value is -3.32. The van der Waals surface area contributed by atoms with Crippen LogP contribution in [-0.4, -0.2) is 65.9 Å². The molecule has 0 N–H and O–H groups in total. The van der Waals surface area contributed by atoms with E-state index in [9.17, 15) is 4.79 Å². The average Bonchev–Trinajstić information content (AvgIpc) is 3.20. The number of benzene rings is 2. The first-order chi connectivity index (χ1) is 15.1. The van der Waals surface area contributed by atoms with Gasteiger partial charge < -0.3 is 14.4 Å². The van der Waals surface area contributed by atoms with Gasteiger partial charge in [-0.25, -0.2) is 0 Å². The van der Waals surface area contributed by atoms with Crippen molar-refractivity contribution in [2.75, 3.05) is 40.4 Å². The van der Waals surface area contributed by atoms with Gasteiger partial charge in [-0.15, -0.1) is 0 Å². The first-order valence-corrected chi connectivity index (χ1v) is 10.4. The Bertz CT molecular complexity index is 1040. The maximum Gasteiger partial charge on any atom is 0.272 e. The van der Waals surface area contributed by atoms with E-state index in [1.54, 1.807) is 25.9 Å². The lowest BCUT2D eigenvalue weighted by atomic mass is 10.1. The minimum absolute atomic E-state index is 0.00749. The molecule has 3 aromatic rings. The Balaban J connectivity index is 1.45. The summed E-state index contributed by atoms with van der Waals surface area (Å²) >= 11 is 0. The van der Waals surface area contributed by atoms with Crippen molar-refractivity contribution in [1.29, 1.82) is 0 Å². The fourth-order valence-corrected chi connectivity index (χ4v) is 3.92. The molecule has 1 aliphatic rings. The van der Waals surface area contributed by atoms with E-state index in [-0.39, 0.29) is 5.91 Å². The van der Waals surface area contributed by atoms with Crippen LogP contribution in [0.2, 0.25) is 0 Å². The summed E-state index contributed by atoms with van der Waals surface area (Å²) in [6, 6.07) is 17.9. The lowest BCUT2D eigenvalue weighted by Gasteiger charge is -2.34. The van der Waals surface area contributed by atoms with Gasteiger partial charge >= 0.3 is 0 Å². The van der Waals surface area contributed by atoms with Gasteiger partial charge in [0.15, 0.2) is 0 Å². The van der Waals surface area contributed by atoms with Gasteiger partial charge in [0.2, 0.25) is 0 Å². The molecular formula is C24H28N4O3. The van der Waals surface area contributed by atoms with Crippen molar-refractivity contribution in [3.8, 4) is 22.8 Å². The molecule has 1 aliphatic heterocycles. The van der Waals surface area contributed by atoms with Crippen LogP contribution >= 0.6 is 0 Å². The number of carbonyl (C=O) groups excluding carboxylic acids is 1. The van der Waals surface area contributed by atoms with Crippen LogP contribution in [0.15, 0.2) is 54.6 Å². The topological polar surface area (TPSA) is 59.8 Å². The summed E-state index contributed by atoms with van der Waals surface area (Å²) in [6.07, 6.45) is 0. The second-order valence-corrected chi connectivity index (χ2v) is 7.66. The van der Waals surface area contributed by atoms with Gasteiger partial charge in [-0.1, -0.05) is 30.3 Å². The SMILES string of the molecule is COc1ccc(-c2cc(C(=O)N3CCN(Cc4ccccc4)CC3)n(C)n2)c(OC)c1. The first-order valence-electron chi connectivity index (χ1n) is 10.4. The minimum Gasteiger partial charge on any atom is -0.497 e. The van der Waals surface area contributed by atoms with Gasteiger partial charge in [-0.3, -0.25) is 14.4 Å². The Labute approximate surface area is 182 Å². The zero-order valence-electron chi connectivity index (χ0n) is 18.2. The van der Waals surface area contributed by atoms with Gasteiger partial charge in [0, 0.05) is 51.4 Å². The van der Waals surface area contributed by atoms with Crippen LogP contribution in [0, 0.1) is 0 Å². The quantitative estimate of drug-likeness (QED) is 0.613. The number of nitrogens with zero attached hydrogens (tertiary/aromatic N) is 4. The molecule has 1 fully saturated rings. The molecular weight excluding hydrogens is 392 g/mol. The molecule has 162 valence electrons. The molecule has 0 saturated carbocycles. The fraction of sp³-hybridized carbons (Fsp3) is 0.333. The highest BCUT2D eigenvalue weighted by Crippen LogP contribution is 2.33. The van der Waals surface area contributed by atoms with E-state index in [4.69, 9.17) is 9.47 Å². The predicted octanol–water partition coefficient (Wildman–Crippen LogP) is 3.06. The van der Waals surface area contributed by atoms with Crippen LogP contribution in [-0.2, 0) is 13.6 Å². The monoisotopic (exact) mass is 420 g/mol. The minimum atomic E-state index is 0.00749. The molecule has 1 aromatic heterocycles. The fourth-order valence-electron chi connectivity index (χ4n) is 3.92. The van der Waals surface area contributed by atoms with Crippen molar-refractivity contribution in [3.05, 3.63) is 65.9 Å². The van der Waals surface area contributed by atoms with Crippen molar-refractivity contribution in [2.24, 2.45) is 7.05 Å². The molecule has 0 atom stereocenters. The summed E-state index contributed by atoms with van der Waals surface area (Å²) in [7, 11) is 5.03. The molecule has 0 bridgehead atoms. The Morgan fingerprint density at radius 1 is 0.968 bits per heavy atom. The van der Waals surface area contributed by atoms with Crippen molar-refractivity contribution in [1.82, 2.24) is 19.6 Å². The molecule has 1 saturated heterocycles. The normalized spacial score (nSPS) is 14.5. The molecule has 0 unspecified atom stereocenters. The smallest absolute Gasteiger partial charge is 0.272 e. The zero-order valence-corrected chi connectivity index (χ0v) is 18.2. The first kappa shape index (κ1) is 20.9. The molecule has 0 aliphatic carbocycles. The van der Waals surface area contributed by atoms with Gasteiger partial charge in [0.05, 0.1) is 19.9 Å². The maximum atomic E-state index is 13.2. The van der Waals surface area contributed by atoms with Crippen molar-refractivity contribution in [2.45, 2.75) is 6.54 Å². The van der Waals surface area contributed by atoms with Crippen LogP contribution in [0.1, 0.15) is 16.1 Å². The highest BCUT2D eigenvalue weighted by atomic mass is 16.5. The standard InChI is InChI=1S/C24H28N4O3/c1-26-22(16-21(25-26)20-10-9-19(30-2)15-23(20)31-3)24(29)28-13-11-27(12-14-28)17-18-7-5-4-6-8-18/h4-10,15-16H,11-14,17H2,1-3H3. The number of hydrogen-bond donors (Lipinski definition) is 0. The van der Waals surface area contributed by atoms with E-state index in [2.05, 4.69) is 34.3 Å². The molecule has 0 spiro atoms. The largest absolute Gasteiger partial charge is 0.497 e. The maximum absolute atomic E-state index is 13.2. The lowest BCUT2D eigenvalue weighted by molar-refractivity contribution is 0.0618. The van der Waals surface area contributed by atoms with Crippen molar-refractivity contribution in [3.63, 3.8) is 0 Å². The number of amides is 1. The highest BCUT2D eigenvalue weighted by molar-refractivity contribution is 5.94. The summed E-state index contributed by atoms with van der Waals surface area (Å²) in [5.74, 6) is 1.38. The Morgan fingerprint density at radius 3 is 2.39 bits per heavy atom. The van der Waals surface area contributed by atoms with Crippen LogP contribution < -0.4 is 9.47 Å².